The van der Waals surface area contributed by atoms with E-state index in [9.17, 15) is 0 Å². The van der Waals surface area contributed by atoms with Crippen LogP contribution in [0.15, 0.2) is 30.3 Å². The van der Waals surface area contributed by atoms with Gasteiger partial charge >= 0.3 is 0 Å². The highest BCUT2D eigenvalue weighted by Crippen LogP contribution is 2.17. The minimum atomic E-state index is 0.988. The number of hydrogen-bond donors (Lipinski definition) is 1. The summed E-state index contributed by atoms with van der Waals surface area (Å²) in [7, 11) is 1.98. The summed E-state index contributed by atoms with van der Waals surface area (Å²) in [6.07, 6.45) is 1.03. The zero-order chi connectivity index (χ0) is 12.3. The Bertz CT molecular complexity index is 486. The average molecular weight is 229 g/mol. The maximum Gasteiger partial charge on any atom is 0.0648 e. The van der Waals surface area contributed by atoms with Gasteiger partial charge in [0, 0.05) is 5.69 Å². The van der Waals surface area contributed by atoms with Gasteiger partial charge in [0.2, 0.25) is 0 Å². The summed E-state index contributed by atoms with van der Waals surface area (Å²) < 4.78 is 2.03. The molecule has 0 aliphatic rings. The fourth-order valence-electron chi connectivity index (χ4n) is 2.11. The van der Waals surface area contributed by atoms with Crippen LogP contribution in [-0.4, -0.2) is 23.4 Å². The van der Waals surface area contributed by atoms with E-state index in [1.807, 2.05) is 29.9 Å². The highest BCUT2D eigenvalue weighted by molar-refractivity contribution is 5.36. The lowest BCUT2D eigenvalue weighted by atomic mass is 10.1. The highest BCUT2D eigenvalue weighted by atomic mass is 15.3. The number of hydrogen-bond acceptors (Lipinski definition) is 2. The summed E-state index contributed by atoms with van der Waals surface area (Å²) >= 11 is 0. The molecule has 0 unspecified atom stereocenters. The summed E-state index contributed by atoms with van der Waals surface area (Å²) in [6, 6.07) is 10.3. The van der Waals surface area contributed by atoms with E-state index in [1.165, 1.54) is 11.3 Å². The van der Waals surface area contributed by atoms with Crippen LogP contribution in [0.25, 0.3) is 5.69 Å². The minimum absolute atomic E-state index is 0.988. The molecule has 0 radical (unpaired) electrons. The van der Waals surface area contributed by atoms with Crippen LogP contribution in [0.1, 0.15) is 17.0 Å². The zero-order valence-corrected chi connectivity index (χ0v) is 10.7. The summed E-state index contributed by atoms with van der Waals surface area (Å²) in [5.41, 5.74) is 4.84. The SMILES string of the molecule is CNCCc1c(C)nn(-c2ccccc2)c1C. The van der Waals surface area contributed by atoms with Crippen molar-refractivity contribution in [3.63, 3.8) is 0 Å². The molecule has 0 spiro atoms. The van der Waals surface area contributed by atoms with E-state index in [-0.39, 0.29) is 0 Å². The number of nitrogens with zero attached hydrogens (tertiary/aromatic N) is 2. The predicted octanol–water partition coefficient (Wildman–Crippen LogP) is 2.25. The van der Waals surface area contributed by atoms with E-state index < -0.39 is 0 Å². The van der Waals surface area contributed by atoms with Crippen molar-refractivity contribution in [2.45, 2.75) is 20.3 Å². The molecule has 1 heterocycles. The molecule has 0 fully saturated rings. The molecular formula is C14H19N3. The van der Waals surface area contributed by atoms with E-state index in [1.54, 1.807) is 0 Å². The molecule has 3 nitrogen and oxygen atoms in total. The average Bonchev–Trinajstić information content (AvgIpc) is 2.64. The van der Waals surface area contributed by atoms with Gasteiger partial charge in [-0.1, -0.05) is 18.2 Å². The molecule has 1 aromatic carbocycles. The first-order valence-corrected chi connectivity index (χ1v) is 5.99. The molecule has 0 saturated heterocycles. The van der Waals surface area contributed by atoms with Gasteiger partial charge in [-0.2, -0.15) is 5.10 Å². The molecule has 17 heavy (non-hydrogen) atoms. The number of nitrogens with one attached hydrogen (secondary N) is 1. The van der Waals surface area contributed by atoms with Crippen molar-refractivity contribution >= 4 is 0 Å². The Morgan fingerprint density at radius 1 is 1.18 bits per heavy atom. The van der Waals surface area contributed by atoms with E-state index in [0.29, 0.717) is 0 Å². The van der Waals surface area contributed by atoms with Gasteiger partial charge < -0.3 is 5.32 Å². The van der Waals surface area contributed by atoms with Gasteiger partial charge in [0.1, 0.15) is 0 Å². The number of aromatic nitrogens is 2. The molecule has 0 atom stereocenters. The molecule has 2 aromatic rings. The summed E-state index contributed by atoms with van der Waals surface area (Å²) in [5, 5.41) is 7.80. The molecule has 0 aliphatic heterocycles. The maximum absolute atomic E-state index is 4.62. The Kier molecular flexibility index (Phi) is 3.59. The fourth-order valence-corrected chi connectivity index (χ4v) is 2.11. The molecule has 0 bridgehead atoms. The van der Waals surface area contributed by atoms with E-state index in [4.69, 9.17) is 0 Å². The molecule has 0 saturated carbocycles. The van der Waals surface area contributed by atoms with Gasteiger partial charge in [0.05, 0.1) is 11.4 Å². The molecule has 0 amide bonds. The van der Waals surface area contributed by atoms with E-state index in [0.717, 1.165) is 24.3 Å². The standard InChI is InChI=1S/C14H19N3/c1-11-14(9-10-15-3)12(2)17(16-11)13-7-5-4-6-8-13/h4-8,15H,9-10H2,1-3H3. The van der Waals surface area contributed by atoms with E-state index >= 15 is 0 Å². The van der Waals surface area contributed by atoms with Gasteiger partial charge in [-0.25, -0.2) is 4.68 Å². The summed E-state index contributed by atoms with van der Waals surface area (Å²) in [5.74, 6) is 0. The van der Waals surface area contributed by atoms with Crippen LogP contribution in [0, 0.1) is 13.8 Å². The van der Waals surface area contributed by atoms with Crippen molar-refractivity contribution in [3.8, 4) is 5.69 Å². The van der Waals surface area contributed by atoms with Gasteiger partial charge in [-0.05, 0) is 51.6 Å². The number of benzene rings is 1. The second-order valence-corrected chi connectivity index (χ2v) is 4.25. The second kappa shape index (κ2) is 5.15. The minimum Gasteiger partial charge on any atom is -0.319 e. The van der Waals surface area contributed by atoms with Crippen LogP contribution in [0.5, 0.6) is 0 Å². The van der Waals surface area contributed by atoms with Crippen molar-refractivity contribution in [1.29, 1.82) is 0 Å². The van der Waals surface area contributed by atoms with Crippen LogP contribution in [0.2, 0.25) is 0 Å². The summed E-state index contributed by atoms with van der Waals surface area (Å²) in [6.45, 7) is 5.21. The monoisotopic (exact) mass is 229 g/mol. The number of para-hydroxylation sites is 1. The Labute approximate surface area is 102 Å². The summed E-state index contributed by atoms with van der Waals surface area (Å²) in [4.78, 5) is 0. The van der Waals surface area contributed by atoms with E-state index in [2.05, 4.69) is 36.4 Å². The molecular weight excluding hydrogens is 210 g/mol. The Balaban J connectivity index is 2.37. The molecule has 1 N–H and O–H groups in total. The van der Waals surface area contributed by atoms with Gasteiger partial charge in [0.25, 0.3) is 0 Å². The Morgan fingerprint density at radius 2 is 1.88 bits per heavy atom. The number of rotatable bonds is 4. The second-order valence-electron chi connectivity index (χ2n) is 4.25. The zero-order valence-electron chi connectivity index (χ0n) is 10.7. The third kappa shape index (κ3) is 2.39. The largest absolute Gasteiger partial charge is 0.319 e. The van der Waals surface area contributed by atoms with Crippen molar-refractivity contribution in [2.24, 2.45) is 0 Å². The van der Waals surface area contributed by atoms with Gasteiger partial charge in [-0.15, -0.1) is 0 Å². The van der Waals surface area contributed by atoms with Crippen LogP contribution in [0.3, 0.4) is 0 Å². The van der Waals surface area contributed by atoms with Crippen molar-refractivity contribution in [2.75, 3.05) is 13.6 Å². The molecule has 2 rings (SSSR count). The number of likely N-dealkylation sites (N-methyl/N-ethyl adjacent to an activating group) is 1. The van der Waals surface area contributed by atoms with Crippen LogP contribution in [-0.2, 0) is 6.42 Å². The maximum atomic E-state index is 4.62. The van der Waals surface area contributed by atoms with Gasteiger partial charge in [0.15, 0.2) is 0 Å². The normalized spacial score (nSPS) is 10.8. The molecule has 3 heteroatoms. The lowest BCUT2D eigenvalue weighted by Crippen LogP contribution is -2.11. The molecule has 1 aromatic heterocycles. The highest BCUT2D eigenvalue weighted by Gasteiger charge is 2.11. The Hall–Kier alpha value is -1.61. The third-order valence-electron chi connectivity index (χ3n) is 3.07. The fraction of sp³-hybridized carbons (Fsp3) is 0.357. The Morgan fingerprint density at radius 3 is 2.53 bits per heavy atom. The lowest BCUT2D eigenvalue weighted by molar-refractivity contribution is 0.783. The lowest BCUT2D eigenvalue weighted by Gasteiger charge is -2.05. The molecule has 90 valence electrons. The predicted molar refractivity (Wildman–Crippen MR) is 70.7 cm³/mol. The van der Waals surface area contributed by atoms with Gasteiger partial charge in [-0.3, -0.25) is 0 Å². The quantitative estimate of drug-likeness (QED) is 0.871. The van der Waals surface area contributed by atoms with Crippen molar-refractivity contribution in [3.05, 3.63) is 47.3 Å². The van der Waals surface area contributed by atoms with Crippen LogP contribution in [0.4, 0.5) is 0 Å². The number of aryl methyl sites for hydroxylation is 1. The van der Waals surface area contributed by atoms with Crippen LogP contribution >= 0.6 is 0 Å². The van der Waals surface area contributed by atoms with Crippen molar-refractivity contribution < 1.29 is 0 Å². The first-order chi connectivity index (χ1) is 8.24. The third-order valence-corrected chi connectivity index (χ3v) is 3.07. The topological polar surface area (TPSA) is 29.9 Å². The first kappa shape index (κ1) is 11.9. The molecule has 0 aliphatic carbocycles. The van der Waals surface area contributed by atoms with Crippen LogP contribution < -0.4 is 5.32 Å². The van der Waals surface area contributed by atoms with Crippen molar-refractivity contribution in [1.82, 2.24) is 15.1 Å². The smallest absolute Gasteiger partial charge is 0.0648 e. The first-order valence-electron chi connectivity index (χ1n) is 5.99.